The van der Waals surface area contributed by atoms with E-state index in [-0.39, 0.29) is 11.5 Å². The number of hydrogen-bond acceptors (Lipinski definition) is 3. The predicted molar refractivity (Wildman–Crippen MR) is 82.8 cm³/mol. The molecule has 0 aliphatic carbocycles. The first-order chi connectivity index (χ1) is 9.49. The Morgan fingerprint density at radius 2 is 2.05 bits per heavy atom. The molecule has 0 aliphatic rings. The maximum Gasteiger partial charge on any atom is 0.335 e. The Morgan fingerprint density at radius 3 is 2.65 bits per heavy atom. The zero-order chi connectivity index (χ0) is 14.7. The number of rotatable bonds is 4. The second-order valence-corrected chi connectivity index (χ2v) is 6.19. The lowest BCUT2D eigenvalue weighted by molar-refractivity contribution is 0.0696. The molecule has 0 unspecified atom stereocenters. The summed E-state index contributed by atoms with van der Waals surface area (Å²) in [6.45, 7) is 2.03. The number of hydrogen-bond donors (Lipinski definition) is 2. The Hall–Kier alpha value is -1.66. The van der Waals surface area contributed by atoms with Crippen LogP contribution < -0.4 is 5.32 Å². The molecule has 2 N–H and O–H groups in total. The molecule has 20 heavy (non-hydrogen) atoms. The van der Waals surface area contributed by atoms with E-state index >= 15 is 0 Å². The molecule has 0 radical (unpaired) electrons. The standard InChI is InChI=1S/C14H12BrNO3S/c1-2-11-3-4-12(20-11)13(17)16-10-6-8(14(18)19)5-9(15)7-10/h3-7H,2H2,1H3,(H,16,17)(H,18,19). The Bertz CT molecular complexity index is 666. The summed E-state index contributed by atoms with van der Waals surface area (Å²) >= 11 is 4.67. The van der Waals surface area contributed by atoms with E-state index < -0.39 is 5.97 Å². The van der Waals surface area contributed by atoms with Gasteiger partial charge < -0.3 is 10.4 Å². The van der Waals surface area contributed by atoms with Crippen molar-refractivity contribution in [2.45, 2.75) is 13.3 Å². The van der Waals surface area contributed by atoms with Crippen LogP contribution in [0.1, 0.15) is 31.8 Å². The van der Waals surface area contributed by atoms with Crippen LogP contribution in [0.5, 0.6) is 0 Å². The molecule has 1 amide bonds. The van der Waals surface area contributed by atoms with Crippen molar-refractivity contribution in [1.82, 2.24) is 0 Å². The predicted octanol–water partition coefficient (Wildman–Crippen LogP) is 4.02. The largest absolute Gasteiger partial charge is 0.478 e. The van der Waals surface area contributed by atoms with Crippen LogP contribution in [0.3, 0.4) is 0 Å². The van der Waals surface area contributed by atoms with Gasteiger partial charge in [-0.25, -0.2) is 4.79 Å². The molecule has 0 aliphatic heterocycles. The van der Waals surface area contributed by atoms with Gasteiger partial charge in [-0.15, -0.1) is 11.3 Å². The molecule has 1 heterocycles. The lowest BCUT2D eigenvalue weighted by atomic mass is 10.2. The molecule has 0 bridgehead atoms. The highest BCUT2D eigenvalue weighted by Crippen LogP contribution is 2.22. The van der Waals surface area contributed by atoms with Gasteiger partial charge in [-0.1, -0.05) is 22.9 Å². The van der Waals surface area contributed by atoms with E-state index in [0.717, 1.165) is 11.3 Å². The number of benzene rings is 1. The summed E-state index contributed by atoms with van der Waals surface area (Å²) in [5, 5.41) is 11.7. The number of carboxylic acid groups (broad SMARTS) is 1. The number of aryl methyl sites for hydroxylation is 1. The second-order valence-electron chi connectivity index (χ2n) is 4.11. The van der Waals surface area contributed by atoms with Gasteiger partial charge in [-0.2, -0.15) is 0 Å². The third-order valence-electron chi connectivity index (χ3n) is 2.64. The highest BCUT2D eigenvalue weighted by atomic mass is 79.9. The number of nitrogens with one attached hydrogen (secondary N) is 1. The average Bonchev–Trinajstić information content (AvgIpc) is 2.86. The first kappa shape index (κ1) is 14.7. The zero-order valence-electron chi connectivity index (χ0n) is 10.6. The fourth-order valence-electron chi connectivity index (χ4n) is 1.67. The summed E-state index contributed by atoms with van der Waals surface area (Å²) < 4.78 is 0.605. The van der Waals surface area contributed by atoms with E-state index in [1.54, 1.807) is 12.1 Å². The molecule has 2 rings (SSSR count). The molecule has 2 aromatic rings. The maximum atomic E-state index is 12.1. The van der Waals surface area contributed by atoms with Gasteiger partial charge in [0.1, 0.15) is 0 Å². The smallest absolute Gasteiger partial charge is 0.335 e. The van der Waals surface area contributed by atoms with Crippen molar-refractivity contribution in [3.63, 3.8) is 0 Å². The first-order valence-electron chi connectivity index (χ1n) is 5.93. The monoisotopic (exact) mass is 353 g/mol. The molecule has 1 aromatic carbocycles. The molecular formula is C14H12BrNO3S. The highest BCUT2D eigenvalue weighted by Gasteiger charge is 2.11. The zero-order valence-corrected chi connectivity index (χ0v) is 13.0. The van der Waals surface area contributed by atoms with Crippen LogP contribution in [0.15, 0.2) is 34.8 Å². The van der Waals surface area contributed by atoms with Crippen molar-refractivity contribution in [3.8, 4) is 0 Å². The van der Waals surface area contributed by atoms with Gasteiger partial charge in [0, 0.05) is 15.0 Å². The number of carboxylic acids is 1. The molecule has 1 aromatic heterocycles. The topological polar surface area (TPSA) is 66.4 Å². The molecular weight excluding hydrogens is 342 g/mol. The normalized spacial score (nSPS) is 10.3. The Kier molecular flexibility index (Phi) is 4.57. The van der Waals surface area contributed by atoms with Crippen LogP contribution in [0.2, 0.25) is 0 Å². The van der Waals surface area contributed by atoms with Crippen LogP contribution in [0, 0.1) is 0 Å². The number of aromatic carboxylic acids is 1. The van der Waals surface area contributed by atoms with Gasteiger partial charge >= 0.3 is 5.97 Å². The number of amides is 1. The molecule has 0 atom stereocenters. The minimum Gasteiger partial charge on any atom is -0.478 e. The summed E-state index contributed by atoms with van der Waals surface area (Å²) in [7, 11) is 0. The van der Waals surface area contributed by atoms with Gasteiger partial charge in [-0.3, -0.25) is 4.79 Å². The van der Waals surface area contributed by atoms with Crippen LogP contribution >= 0.6 is 27.3 Å². The lowest BCUT2D eigenvalue weighted by Crippen LogP contribution is -2.11. The summed E-state index contributed by atoms with van der Waals surface area (Å²) in [4.78, 5) is 24.8. The maximum absolute atomic E-state index is 12.1. The summed E-state index contributed by atoms with van der Waals surface area (Å²) in [5.41, 5.74) is 0.573. The van der Waals surface area contributed by atoms with Gasteiger partial charge in [0.15, 0.2) is 0 Å². The number of thiophene rings is 1. The lowest BCUT2D eigenvalue weighted by Gasteiger charge is -2.06. The van der Waals surface area contributed by atoms with E-state index in [2.05, 4.69) is 21.2 Å². The van der Waals surface area contributed by atoms with Gasteiger partial charge in [0.25, 0.3) is 5.91 Å². The molecule has 104 valence electrons. The molecule has 0 spiro atoms. The number of halogens is 1. The van der Waals surface area contributed by atoms with Crippen LogP contribution in [0.25, 0.3) is 0 Å². The molecule has 0 saturated carbocycles. The van der Waals surface area contributed by atoms with Gasteiger partial charge in [0.2, 0.25) is 0 Å². The Labute approximate surface area is 128 Å². The van der Waals surface area contributed by atoms with E-state index in [9.17, 15) is 9.59 Å². The highest BCUT2D eigenvalue weighted by molar-refractivity contribution is 9.10. The third-order valence-corrected chi connectivity index (χ3v) is 4.32. The van der Waals surface area contributed by atoms with Crippen molar-refractivity contribution in [1.29, 1.82) is 0 Å². The number of carbonyl (C=O) groups excluding carboxylic acids is 1. The summed E-state index contributed by atoms with van der Waals surface area (Å²) in [6, 6.07) is 8.27. The van der Waals surface area contributed by atoms with Crippen molar-refractivity contribution >= 4 is 44.8 Å². The quantitative estimate of drug-likeness (QED) is 0.871. The van der Waals surface area contributed by atoms with Crippen molar-refractivity contribution < 1.29 is 14.7 Å². The van der Waals surface area contributed by atoms with E-state index in [1.165, 1.54) is 23.5 Å². The Balaban J connectivity index is 2.21. The number of carbonyl (C=O) groups is 2. The SMILES string of the molecule is CCc1ccc(C(=O)Nc2cc(Br)cc(C(=O)O)c2)s1. The molecule has 0 fully saturated rings. The van der Waals surface area contributed by atoms with E-state index in [1.807, 2.05) is 13.0 Å². The van der Waals surface area contributed by atoms with Crippen molar-refractivity contribution in [2.24, 2.45) is 0 Å². The van der Waals surface area contributed by atoms with Gasteiger partial charge in [0.05, 0.1) is 10.4 Å². The second kappa shape index (κ2) is 6.19. The van der Waals surface area contributed by atoms with E-state index in [4.69, 9.17) is 5.11 Å². The summed E-state index contributed by atoms with van der Waals surface area (Å²) in [5.74, 6) is -1.27. The fraction of sp³-hybridized carbons (Fsp3) is 0.143. The van der Waals surface area contributed by atoms with Gasteiger partial charge in [-0.05, 0) is 36.8 Å². The molecule has 6 heteroatoms. The fourth-order valence-corrected chi connectivity index (χ4v) is 3.00. The number of anilines is 1. The Morgan fingerprint density at radius 1 is 1.30 bits per heavy atom. The molecule has 4 nitrogen and oxygen atoms in total. The van der Waals surface area contributed by atoms with Crippen molar-refractivity contribution in [3.05, 3.63) is 50.1 Å². The minimum atomic E-state index is -1.04. The summed E-state index contributed by atoms with van der Waals surface area (Å²) in [6.07, 6.45) is 0.887. The van der Waals surface area contributed by atoms with Crippen LogP contribution in [-0.2, 0) is 6.42 Å². The molecule has 0 saturated heterocycles. The van der Waals surface area contributed by atoms with Crippen LogP contribution in [0.4, 0.5) is 5.69 Å². The average molecular weight is 354 g/mol. The van der Waals surface area contributed by atoms with Crippen LogP contribution in [-0.4, -0.2) is 17.0 Å². The van der Waals surface area contributed by atoms with Crippen molar-refractivity contribution in [2.75, 3.05) is 5.32 Å². The third kappa shape index (κ3) is 3.46. The first-order valence-corrected chi connectivity index (χ1v) is 7.54. The minimum absolute atomic E-state index is 0.120. The van der Waals surface area contributed by atoms with E-state index in [0.29, 0.717) is 15.0 Å².